The van der Waals surface area contributed by atoms with Gasteiger partial charge in [0.05, 0.1) is 24.7 Å². The van der Waals surface area contributed by atoms with Crippen molar-refractivity contribution in [1.82, 2.24) is 4.90 Å². The molecule has 0 aromatic heterocycles. The molecule has 0 spiro atoms. The molecule has 7 nitrogen and oxygen atoms in total. The Hall–Kier alpha value is -1.34. The molecule has 2 fully saturated rings. The van der Waals surface area contributed by atoms with Gasteiger partial charge in [-0.05, 0) is 33.6 Å². The van der Waals surface area contributed by atoms with E-state index in [-0.39, 0.29) is 6.54 Å². The molecule has 0 aliphatic carbocycles. The van der Waals surface area contributed by atoms with E-state index < -0.39 is 29.2 Å². The van der Waals surface area contributed by atoms with Crippen LogP contribution in [-0.2, 0) is 19.0 Å². The minimum atomic E-state index is -0.987. The molecule has 2 rings (SSSR count). The Morgan fingerprint density at radius 1 is 1.23 bits per heavy atom. The maximum atomic E-state index is 12.2. The van der Waals surface area contributed by atoms with Crippen LogP contribution in [0, 0.1) is 5.41 Å². The van der Waals surface area contributed by atoms with E-state index in [2.05, 4.69) is 0 Å². The number of aliphatic carboxylic acids is 1. The van der Waals surface area contributed by atoms with Crippen LogP contribution in [0.15, 0.2) is 0 Å². The van der Waals surface area contributed by atoms with Gasteiger partial charge in [0.1, 0.15) is 5.60 Å². The van der Waals surface area contributed by atoms with Gasteiger partial charge < -0.3 is 24.2 Å². The van der Waals surface area contributed by atoms with Crippen LogP contribution in [0.5, 0.6) is 0 Å². The Morgan fingerprint density at radius 3 is 2.41 bits per heavy atom. The zero-order valence-corrected chi connectivity index (χ0v) is 13.5. The molecule has 1 unspecified atom stereocenters. The standard InChI is InChI=1S/C15H25NO6/c1-14(2,3)22-13(19)16-6-9-21-11(10-16)15(12(17)18)4-7-20-8-5-15/h11H,4-10H2,1-3H3,(H,17,18). The molecule has 0 saturated carbocycles. The molecule has 0 aromatic rings. The van der Waals surface area contributed by atoms with Crippen LogP contribution in [0.25, 0.3) is 0 Å². The van der Waals surface area contributed by atoms with Crippen molar-refractivity contribution in [3.05, 3.63) is 0 Å². The third-order valence-electron chi connectivity index (χ3n) is 4.15. The number of morpholine rings is 1. The fraction of sp³-hybridized carbons (Fsp3) is 0.867. The summed E-state index contributed by atoms with van der Waals surface area (Å²) < 4.78 is 16.4. The van der Waals surface area contributed by atoms with Crippen LogP contribution in [0.4, 0.5) is 4.79 Å². The Morgan fingerprint density at radius 2 is 1.86 bits per heavy atom. The highest BCUT2D eigenvalue weighted by Crippen LogP contribution is 2.38. The molecule has 0 bridgehead atoms. The first kappa shape index (κ1) is 17.0. The zero-order valence-electron chi connectivity index (χ0n) is 13.5. The van der Waals surface area contributed by atoms with Gasteiger partial charge in [-0.2, -0.15) is 0 Å². The quantitative estimate of drug-likeness (QED) is 0.831. The Bertz CT molecular complexity index is 424. The van der Waals surface area contributed by atoms with Crippen LogP contribution in [0.3, 0.4) is 0 Å². The molecule has 1 N–H and O–H groups in total. The number of nitrogens with zero attached hydrogens (tertiary/aromatic N) is 1. The van der Waals surface area contributed by atoms with Gasteiger partial charge in [-0.15, -0.1) is 0 Å². The second-order valence-corrected chi connectivity index (χ2v) is 6.86. The molecular weight excluding hydrogens is 290 g/mol. The third kappa shape index (κ3) is 3.70. The number of ether oxygens (including phenoxy) is 3. The Balaban J connectivity index is 2.08. The predicted molar refractivity (Wildman–Crippen MR) is 77.7 cm³/mol. The van der Waals surface area contributed by atoms with Gasteiger partial charge in [0.15, 0.2) is 0 Å². The summed E-state index contributed by atoms with van der Waals surface area (Å²) in [6.07, 6.45) is -0.159. The first-order valence-corrected chi connectivity index (χ1v) is 7.65. The molecule has 126 valence electrons. The summed E-state index contributed by atoms with van der Waals surface area (Å²) in [6.45, 7) is 7.19. The number of carbonyl (C=O) groups is 2. The van der Waals surface area contributed by atoms with E-state index in [1.54, 1.807) is 25.7 Å². The minimum absolute atomic E-state index is 0.237. The normalized spacial score (nSPS) is 25.6. The second-order valence-electron chi connectivity index (χ2n) is 6.86. The summed E-state index contributed by atoms with van der Waals surface area (Å²) in [5.41, 5.74) is -1.56. The maximum absolute atomic E-state index is 12.2. The van der Waals surface area contributed by atoms with E-state index in [9.17, 15) is 14.7 Å². The zero-order chi connectivity index (χ0) is 16.4. The van der Waals surface area contributed by atoms with Crippen LogP contribution >= 0.6 is 0 Å². The number of carboxylic acids is 1. The third-order valence-corrected chi connectivity index (χ3v) is 4.15. The SMILES string of the molecule is CC(C)(C)OC(=O)N1CCOC(C2(C(=O)O)CCOCC2)C1. The van der Waals surface area contributed by atoms with Crippen LogP contribution in [0.1, 0.15) is 33.6 Å². The number of carboxylic acid groups (broad SMARTS) is 1. The molecule has 1 atom stereocenters. The van der Waals surface area contributed by atoms with E-state index >= 15 is 0 Å². The van der Waals surface area contributed by atoms with Crippen LogP contribution in [-0.4, -0.2) is 66.7 Å². The van der Waals surface area contributed by atoms with E-state index in [0.717, 1.165) is 0 Å². The number of carbonyl (C=O) groups excluding carboxylic acids is 1. The molecule has 2 aliphatic rings. The predicted octanol–water partition coefficient (Wildman–Crippen LogP) is 1.50. The minimum Gasteiger partial charge on any atom is -0.481 e. The molecule has 22 heavy (non-hydrogen) atoms. The Kier molecular flexibility index (Phi) is 4.97. The van der Waals surface area contributed by atoms with Gasteiger partial charge in [-0.3, -0.25) is 4.79 Å². The average Bonchev–Trinajstić information content (AvgIpc) is 2.46. The molecule has 0 aromatic carbocycles. The van der Waals surface area contributed by atoms with E-state index in [4.69, 9.17) is 14.2 Å². The largest absolute Gasteiger partial charge is 0.481 e. The lowest BCUT2D eigenvalue weighted by Crippen LogP contribution is -2.57. The summed E-state index contributed by atoms with van der Waals surface area (Å²) in [5.74, 6) is -0.883. The van der Waals surface area contributed by atoms with Gasteiger partial charge in [-0.1, -0.05) is 0 Å². The molecule has 2 heterocycles. The van der Waals surface area contributed by atoms with Crippen molar-refractivity contribution in [3.8, 4) is 0 Å². The maximum Gasteiger partial charge on any atom is 0.410 e. The molecule has 2 aliphatic heterocycles. The van der Waals surface area contributed by atoms with E-state index in [1.807, 2.05) is 0 Å². The average molecular weight is 315 g/mol. The lowest BCUT2D eigenvalue weighted by Gasteiger charge is -2.44. The van der Waals surface area contributed by atoms with Gasteiger partial charge in [0.25, 0.3) is 0 Å². The van der Waals surface area contributed by atoms with Crippen molar-refractivity contribution < 1.29 is 28.9 Å². The first-order valence-electron chi connectivity index (χ1n) is 7.65. The first-order chi connectivity index (χ1) is 10.2. The fourth-order valence-electron chi connectivity index (χ4n) is 2.89. The van der Waals surface area contributed by atoms with Crippen LogP contribution in [0.2, 0.25) is 0 Å². The summed E-state index contributed by atoms with van der Waals surface area (Å²) in [6, 6.07) is 0. The number of hydrogen-bond donors (Lipinski definition) is 1. The number of rotatable bonds is 2. The van der Waals surface area contributed by atoms with E-state index in [1.165, 1.54) is 0 Å². The van der Waals surface area contributed by atoms with Crippen molar-refractivity contribution in [2.24, 2.45) is 5.41 Å². The highest BCUT2D eigenvalue weighted by atomic mass is 16.6. The lowest BCUT2D eigenvalue weighted by atomic mass is 9.74. The highest BCUT2D eigenvalue weighted by molar-refractivity contribution is 5.76. The molecule has 0 radical (unpaired) electrons. The van der Waals surface area contributed by atoms with Crippen LogP contribution < -0.4 is 0 Å². The fourth-order valence-corrected chi connectivity index (χ4v) is 2.89. The molecule has 7 heteroatoms. The number of amides is 1. The van der Waals surface area contributed by atoms with E-state index in [0.29, 0.717) is 39.2 Å². The molecule has 1 amide bonds. The summed E-state index contributed by atoms with van der Waals surface area (Å²) >= 11 is 0. The van der Waals surface area contributed by atoms with Gasteiger partial charge in [0.2, 0.25) is 0 Å². The van der Waals surface area contributed by atoms with Crippen molar-refractivity contribution >= 4 is 12.1 Å². The highest BCUT2D eigenvalue weighted by Gasteiger charge is 2.50. The molecular formula is C15H25NO6. The van der Waals surface area contributed by atoms with Gasteiger partial charge in [-0.25, -0.2) is 4.79 Å². The van der Waals surface area contributed by atoms with Gasteiger partial charge in [0, 0.05) is 19.8 Å². The summed E-state index contributed by atoms with van der Waals surface area (Å²) in [5, 5.41) is 9.68. The smallest absolute Gasteiger partial charge is 0.410 e. The van der Waals surface area contributed by atoms with Crippen molar-refractivity contribution in [2.45, 2.75) is 45.3 Å². The summed E-state index contributed by atoms with van der Waals surface area (Å²) in [7, 11) is 0. The van der Waals surface area contributed by atoms with Crippen molar-refractivity contribution in [2.75, 3.05) is 32.9 Å². The Labute approximate surface area is 130 Å². The summed E-state index contributed by atoms with van der Waals surface area (Å²) in [4.78, 5) is 25.5. The second kappa shape index (κ2) is 6.42. The monoisotopic (exact) mass is 315 g/mol. The molecule has 2 saturated heterocycles. The lowest BCUT2D eigenvalue weighted by molar-refractivity contribution is -0.178. The van der Waals surface area contributed by atoms with Crippen molar-refractivity contribution in [3.63, 3.8) is 0 Å². The van der Waals surface area contributed by atoms with Gasteiger partial charge >= 0.3 is 12.1 Å². The topological polar surface area (TPSA) is 85.3 Å². The van der Waals surface area contributed by atoms with Crippen molar-refractivity contribution in [1.29, 1.82) is 0 Å². The number of hydrogen-bond acceptors (Lipinski definition) is 5.